The van der Waals surface area contributed by atoms with Gasteiger partial charge in [-0.3, -0.25) is 0 Å². The minimum Gasteiger partial charge on any atom is -0.480 e. The molecule has 1 aromatic carbocycles. The molecular weight excluding hydrogens is 482 g/mol. The molecule has 0 radical (unpaired) electrons. The summed E-state index contributed by atoms with van der Waals surface area (Å²) in [6.07, 6.45) is 6.60. The number of aryl methyl sites for hydroxylation is 2. The van der Waals surface area contributed by atoms with Gasteiger partial charge in [0.1, 0.15) is 18.5 Å². The quantitative estimate of drug-likeness (QED) is 0.342. The third-order valence-corrected chi connectivity index (χ3v) is 6.79. The first-order valence-electron chi connectivity index (χ1n) is 13.0. The SMILES string of the molecule is O=C(N[C@@H](CCN(CCCCc1ccc2c(n1)NCCC2)C1CC1)C(=O)O)OCc1ccc(F)c(F)c1. The fourth-order valence-corrected chi connectivity index (χ4v) is 4.56. The molecule has 1 atom stereocenters. The van der Waals surface area contributed by atoms with Crippen LogP contribution in [0.2, 0.25) is 0 Å². The number of nitrogens with one attached hydrogen (secondary N) is 2. The van der Waals surface area contributed by atoms with Crippen LogP contribution >= 0.6 is 0 Å². The zero-order valence-electron chi connectivity index (χ0n) is 20.8. The Bertz CT molecular complexity index is 1100. The third-order valence-electron chi connectivity index (χ3n) is 6.79. The number of carbonyl (C=O) groups is 2. The number of fused-ring (bicyclic) bond motifs is 1. The molecule has 1 aliphatic carbocycles. The molecule has 200 valence electrons. The van der Waals surface area contributed by atoms with Gasteiger partial charge in [-0.15, -0.1) is 0 Å². The second-order valence-corrected chi connectivity index (χ2v) is 9.71. The Balaban J connectivity index is 1.19. The fourth-order valence-electron chi connectivity index (χ4n) is 4.56. The number of benzene rings is 1. The monoisotopic (exact) mass is 516 g/mol. The number of halogens is 2. The maximum Gasteiger partial charge on any atom is 0.408 e. The third kappa shape index (κ3) is 8.11. The first kappa shape index (κ1) is 26.8. The molecule has 37 heavy (non-hydrogen) atoms. The van der Waals surface area contributed by atoms with Gasteiger partial charge in [-0.25, -0.2) is 23.4 Å². The Morgan fingerprint density at radius 2 is 2.00 bits per heavy atom. The van der Waals surface area contributed by atoms with E-state index in [1.807, 2.05) is 0 Å². The number of pyridine rings is 1. The average Bonchev–Trinajstić information content (AvgIpc) is 3.73. The normalized spacial score (nSPS) is 15.5. The number of ether oxygens (including phenoxy) is 1. The zero-order chi connectivity index (χ0) is 26.2. The summed E-state index contributed by atoms with van der Waals surface area (Å²) in [6.45, 7) is 2.09. The first-order valence-corrected chi connectivity index (χ1v) is 13.0. The smallest absolute Gasteiger partial charge is 0.408 e. The molecule has 2 aliphatic rings. The highest BCUT2D eigenvalue weighted by atomic mass is 19.2. The van der Waals surface area contributed by atoms with Crippen molar-refractivity contribution in [2.45, 2.75) is 70.1 Å². The van der Waals surface area contributed by atoms with Gasteiger partial charge in [-0.05, 0) is 87.2 Å². The maximum absolute atomic E-state index is 13.3. The van der Waals surface area contributed by atoms with Crippen LogP contribution in [0.25, 0.3) is 0 Å². The molecule has 1 saturated carbocycles. The summed E-state index contributed by atoms with van der Waals surface area (Å²) in [6, 6.07) is 6.81. The lowest BCUT2D eigenvalue weighted by atomic mass is 10.1. The van der Waals surface area contributed by atoms with Crippen LogP contribution in [0.15, 0.2) is 30.3 Å². The molecule has 0 saturated heterocycles. The number of nitrogens with zero attached hydrogens (tertiary/aromatic N) is 2. The Morgan fingerprint density at radius 1 is 1.16 bits per heavy atom. The predicted molar refractivity (Wildman–Crippen MR) is 134 cm³/mol. The minimum atomic E-state index is -1.15. The van der Waals surface area contributed by atoms with Gasteiger partial charge >= 0.3 is 12.1 Å². The highest BCUT2D eigenvalue weighted by Gasteiger charge is 2.30. The number of aromatic nitrogens is 1. The molecule has 1 fully saturated rings. The van der Waals surface area contributed by atoms with Gasteiger partial charge in [0, 0.05) is 24.8 Å². The van der Waals surface area contributed by atoms with Crippen LogP contribution in [0, 0.1) is 11.6 Å². The molecule has 0 bridgehead atoms. The number of hydrogen-bond donors (Lipinski definition) is 3. The van der Waals surface area contributed by atoms with Crippen molar-refractivity contribution in [1.29, 1.82) is 0 Å². The van der Waals surface area contributed by atoms with Gasteiger partial charge in [-0.1, -0.05) is 12.1 Å². The number of hydrogen-bond acceptors (Lipinski definition) is 6. The Morgan fingerprint density at radius 3 is 2.76 bits per heavy atom. The van der Waals surface area contributed by atoms with E-state index in [0.717, 1.165) is 81.7 Å². The molecular formula is C27H34F2N4O4. The number of amides is 1. The summed E-state index contributed by atoms with van der Waals surface area (Å²) < 4.78 is 31.3. The van der Waals surface area contributed by atoms with Gasteiger partial charge in [0.15, 0.2) is 11.6 Å². The standard InChI is InChI=1S/C27H34F2N4O4/c28-22-11-6-18(16-23(22)29)17-37-27(36)32-24(26(34)35)12-15-33(21-9-10-21)14-2-1-5-20-8-7-19-4-3-13-30-25(19)31-20/h6-8,11,16,21,24H,1-5,9-10,12-15,17H2,(H,30,31)(H,32,36)(H,34,35)/t24-/m0/s1. The molecule has 3 N–H and O–H groups in total. The van der Waals surface area contributed by atoms with Gasteiger partial charge in [0.05, 0.1) is 0 Å². The number of alkyl carbamates (subject to hydrolysis) is 1. The van der Waals surface area contributed by atoms with E-state index in [0.29, 0.717) is 12.6 Å². The average molecular weight is 517 g/mol. The van der Waals surface area contributed by atoms with Gasteiger partial charge in [0.25, 0.3) is 0 Å². The number of carbonyl (C=O) groups excluding carboxylic acids is 1. The summed E-state index contributed by atoms with van der Waals surface area (Å²) >= 11 is 0. The van der Waals surface area contributed by atoms with Crippen molar-refractivity contribution in [3.63, 3.8) is 0 Å². The molecule has 0 spiro atoms. The van der Waals surface area contributed by atoms with E-state index in [-0.39, 0.29) is 18.6 Å². The number of anilines is 1. The number of carboxylic acids is 1. The van der Waals surface area contributed by atoms with Crippen LogP contribution in [0.4, 0.5) is 19.4 Å². The molecule has 2 heterocycles. The lowest BCUT2D eigenvalue weighted by molar-refractivity contribution is -0.139. The Hall–Kier alpha value is -3.27. The highest BCUT2D eigenvalue weighted by molar-refractivity contribution is 5.79. The van der Waals surface area contributed by atoms with Gasteiger partial charge < -0.3 is 25.4 Å². The predicted octanol–water partition coefficient (Wildman–Crippen LogP) is 4.27. The second kappa shape index (κ2) is 12.8. The Labute approximate surface area is 215 Å². The van der Waals surface area contributed by atoms with E-state index in [1.54, 1.807) is 0 Å². The molecule has 0 unspecified atom stereocenters. The molecule has 10 heteroatoms. The number of unbranched alkanes of at least 4 members (excludes halogenated alkanes) is 1. The van der Waals surface area contributed by atoms with Crippen molar-refractivity contribution in [1.82, 2.24) is 15.2 Å². The first-order chi connectivity index (χ1) is 17.9. The van der Waals surface area contributed by atoms with Crippen molar-refractivity contribution in [2.75, 3.05) is 25.0 Å². The van der Waals surface area contributed by atoms with Crippen molar-refractivity contribution >= 4 is 17.9 Å². The molecule has 1 aliphatic heterocycles. The van der Waals surface area contributed by atoms with Crippen LogP contribution in [0.5, 0.6) is 0 Å². The van der Waals surface area contributed by atoms with Crippen molar-refractivity contribution in [3.05, 3.63) is 58.8 Å². The van der Waals surface area contributed by atoms with E-state index >= 15 is 0 Å². The van der Waals surface area contributed by atoms with E-state index in [2.05, 4.69) is 27.7 Å². The number of rotatable bonds is 13. The largest absolute Gasteiger partial charge is 0.480 e. The van der Waals surface area contributed by atoms with E-state index in [1.165, 1.54) is 11.6 Å². The van der Waals surface area contributed by atoms with Crippen LogP contribution in [-0.2, 0) is 29.0 Å². The Kier molecular flexibility index (Phi) is 9.27. The van der Waals surface area contributed by atoms with E-state index in [9.17, 15) is 23.5 Å². The van der Waals surface area contributed by atoms with Gasteiger partial charge in [0.2, 0.25) is 0 Å². The zero-order valence-corrected chi connectivity index (χ0v) is 20.8. The topological polar surface area (TPSA) is 104 Å². The van der Waals surface area contributed by atoms with Crippen molar-refractivity contribution < 1.29 is 28.2 Å². The molecule has 1 aromatic heterocycles. The maximum atomic E-state index is 13.3. The van der Waals surface area contributed by atoms with Crippen LogP contribution in [0.3, 0.4) is 0 Å². The molecule has 4 rings (SSSR count). The molecule has 1 amide bonds. The number of carboxylic acid groups (broad SMARTS) is 1. The lowest BCUT2D eigenvalue weighted by Crippen LogP contribution is -2.43. The van der Waals surface area contributed by atoms with Crippen LogP contribution in [0.1, 0.15) is 55.3 Å². The summed E-state index contributed by atoms with van der Waals surface area (Å²) in [5, 5.41) is 15.3. The summed E-state index contributed by atoms with van der Waals surface area (Å²) in [5.74, 6) is -2.17. The van der Waals surface area contributed by atoms with E-state index in [4.69, 9.17) is 9.72 Å². The second-order valence-electron chi connectivity index (χ2n) is 9.71. The summed E-state index contributed by atoms with van der Waals surface area (Å²) in [7, 11) is 0. The number of aliphatic carboxylic acids is 1. The molecule has 8 nitrogen and oxygen atoms in total. The summed E-state index contributed by atoms with van der Waals surface area (Å²) in [5.41, 5.74) is 2.63. The van der Waals surface area contributed by atoms with Crippen LogP contribution in [-0.4, -0.2) is 58.8 Å². The van der Waals surface area contributed by atoms with Crippen LogP contribution < -0.4 is 10.6 Å². The van der Waals surface area contributed by atoms with E-state index < -0.39 is 29.7 Å². The van der Waals surface area contributed by atoms with Crippen molar-refractivity contribution in [2.24, 2.45) is 0 Å². The van der Waals surface area contributed by atoms with Gasteiger partial charge in [-0.2, -0.15) is 0 Å². The minimum absolute atomic E-state index is 0.240. The highest BCUT2D eigenvalue weighted by Crippen LogP contribution is 2.27. The molecule has 2 aromatic rings. The van der Waals surface area contributed by atoms with Crippen molar-refractivity contribution in [3.8, 4) is 0 Å². The lowest BCUT2D eigenvalue weighted by Gasteiger charge is -2.24. The fraction of sp³-hybridized carbons (Fsp3) is 0.519. The summed E-state index contributed by atoms with van der Waals surface area (Å²) in [4.78, 5) is 30.9.